The van der Waals surface area contributed by atoms with Crippen molar-refractivity contribution in [1.82, 2.24) is 0 Å². The van der Waals surface area contributed by atoms with Crippen LogP contribution in [0.25, 0.3) is 0 Å². The van der Waals surface area contributed by atoms with Crippen molar-refractivity contribution in [1.29, 1.82) is 0 Å². The molecule has 1 aliphatic carbocycles. The topological polar surface area (TPSA) is 37.3 Å². The number of aromatic hydroxyl groups is 1. The normalized spacial score (nSPS) is 16.3. The molecule has 20 heavy (non-hydrogen) atoms. The molecule has 0 heterocycles. The summed E-state index contributed by atoms with van der Waals surface area (Å²) >= 11 is 0. The van der Waals surface area contributed by atoms with E-state index in [-0.39, 0.29) is 28.3 Å². The van der Waals surface area contributed by atoms with Gasteiger partial charge in [0.05, 0.1) is 5.56 Å². The van der Waals surface area contributed by atoms with Crippen LogP contribution in [0.5, 0.6) is 5.75 Å². The number of phenolic OH excluding ortho intramolecular Hbond substituents is 1. The minimum absolute atomic E-state index is 0.0354. The van der Waals surface area contributed by atoms with Gasteiger partial charge in [0.15, 0.2) is 5.78 Å². The molecule has 2 rings (SSSR count). The fraction of sp³-hybridized carbons (Fsp3) is 0.611. The summed E-state index contributed by atoms with van der Waals surface area (Å²) in [7, 11) is 0. The highest BCUT2D eigenvalue weighted by molar-refractivity contribution is 6.02. The molecule has 2 nitrogen and oxygen atoms in total. The molecule has 1 N–H and O–H groups in total. The number of ketones is 1. The Labute approximate surface area is 122 Å². The van der Waals surface area contributed by atoms with Crippen LogP contribution >= 0.6 is 0 Å². The first-order chi connectivity index (χ1) is 9.01. The number of Topliss-reactive ketones (excluding diaryl/α,β-unsaturated/α-hetero) is 1. The number of hydrogen-bond donors (Lipinski definition) is 1. The average Bonchev–Trinajstić information content (AvgIpc) is 3.08. The van der Waals surface area contributed by atoms with Crippen molar-refractivity contribution in [2.24, 2.45) is 5.92 Å². The number of benzene rings is 1. The third-order valence-electron chi connectivity index (χ3n) is 4.00. The monoisotopic (exact) mass is 274 g/mol. The smallest absolute Gasteiger partial charge is 0.169 e. The zero-order valence-corrected chi connectivity index (χ0v) is 13.5. The van der Waals surface area contributed by atoms with Crippen LogP contribution < -0.4 is 0 Å². The molecule has 0 amide bonds. The molecule has 1 aromatic rings. The molecule has 1 fully saturated rings. The maximum atomic E-state index is 12.4. The summed E-state index contributed by atoms with van der Waals surface area (Å²) in [5.74, 6) is 0.422. The van der Waals surface area contributed by atoms with Gasteiger partial charge in [-0.15, -0.1) is 0 Å². The van der Waals surface area contributed by atoms with Gasteiger partial charge in [-0.2, -0.15) is 0 Å². The lowest BCUT2D eigenvalue weighted by atomic mass is 9.78. The average molecular weight is 274 g/mol. The van der Waals surface area contributed by atoms with Crippen LogP contribution in [0.4, 0.5) is 0 Å². The first kappa shape index (κ1) is 15.1. The van der Waals surface area contributed by atoms with E-state index < -0.39 is 0 Å². The molecule has 1 saturated carbocycles. The molecular formula is C18H26O2. The van der Waals surface area contributed by atoms with Gasteiger partial charge in [0.2, 0.25) is 0 Å². The summed E-state index contributed by atoms with van der Waals surface area (Å²) in [6.45, 7) is 12.6. The lowest BCUT2D eigenvalue weighted by molar-refractivity contribution is 0.0964. The van der Waals surface area contributed by atoms with Crippen LogP contribution in [0, 0.1) is 5.92 Å². The summed E-state index contributed by atoms with van der Waals surface area (Å²) < 4.78 is 0. The Kier molecular flexibility index (Phi) is 3.48. The van der Waals surface area contributed by atoms with Crippen molar-refractivity contribution < 1.29 is 9.90 Å². The van der Waals surface area contributed by atoms with Crippen molar-refractivity contribution in [3.63, 3.8) is 0 Å². The van der Waals surface area contributed by atoms with Crippen LogP contribution in [0.1, 0.15) is 75.9 Å². The predicted molar refractivity (Wildman–Crippen MR) is 82.6 cm³/mol. The molecule has 0 bridgehead atoms. The molecule has 0 saturated heterocycles. The molecule has 110 valence electrons. The fourth-order valence-electron chi connectivity index (χ4n) is 2.39. The van der Waals surface area contributed by atoms with Crippen molar-refractivity contribution in [2.75, 3.05) is 0 Å². The van der Waals surface area contributed by atoms with Crippen LogP contribution in [0.3, 0.4) is 0 Å². The summed E-state index contributed by atoms with van der Waals surface area (Å²) in [6.07, 6.45) is 1.92. The van der Waals surface area contributed by atoms with E-state index in [0.717, 1.165) is 24.0 Å². The maximum Gasteiger partial charge on any atom is 0.169 e. The molecule has 1 aliphatic rings. The van der Waals surface area contributed by atoms with E-state index >= 15 is 0 Å². The molecule has 1 aromatic carbocycles. The largest absolute Gasteiger partial charge is 0.507 e. The van der Waals surface area contributed by atoms with E-state index in [9.17, 15) is 9.90 Å². The van der Waals surface area contributed by atoms with E-state index in [4.69, 9.17) is 0 Å². The highest BCUT2D eigenvalue weighted by atomic mass is 16.3. The summed E-state index contributed by atoms with van der Waals surface area (Å²) in [5.41, 5.74) is 2.29. The summed E-state index contributed by atoms with van der Waals surface area (Å²) in [4.78, 5) is 12.4. The lowest BCUT2D eigenvalue weighted by Gasteiger charge is -2.27. The number of hydrogen-bond acceptors (Lipinski definition) is 2. The second kappa shape index (κ2) is 4.61. The van der Waals surface area contributed by atoms with Crippen LogP contribution in [-0.4, -0.2) is 10.9 Å². The molecule has 0 aromatic heterocycles. The molecule has 0 atom stereocenters. The van der Waals surface area contributed by atoms with Gasteiger partial charge in [-0.3, -0.25) is 4.79 Å². The second-order valence-corrected chi connectivity index (χ2v) is 8.06. The van der Waals surface area contributed by atoms with Gasteiger partial charge < -0.3 is 5.11 Å². The summed E-state index contributed by atoms with van der Waals surface area (Å²) in [6, 6.07) is 3.95. The van der Waals surface area contributed by atoms with Gasteiger partial charge in [-0.05, 0) is 35.3 Å². The number of rotatable bonds is 2. The van der Waals surface area contributed by atoms with Gasteiger partial charge in [0.25, 0.3) is 0 Å². The first-order valence-electron chi connectivity index (χ1n) is 7.44. The van der Waals surface area contributed by atoms with Crippen molar-refractivity contribution in [2.45, 2.75) is 65.2 Å². The van der Waals surface area contributed by atoms with Gasteiger partial charge >= 0.3 is 0 Å². The molecule has 0 radical (unpaired) electrons. The Balaban J connectivity index is 2.63. The van der Waals surface area contributed by atoms with Crippen LogP contribution in [0.2, 0.25) is 0 Å². The maximum absolute atomic E-state index is 12.4. The standard InChI is InChI=1S/C18H26O2/c1-17(2,3)12-9-13(15(19)11-7-8-11)16(20)14(10-12)18(4,5)6/h9-11,20H,7-8H2,1-6H3. The quantitative estimate of drug-likeness (QED) is 0.801. The van der Waals surface area contributed by atoms with Crippen LogP contribution in [0.15, 0.2) is 12.1 Å². The van der Waals surface area contributed by atoms with E-state index in [0.29, 0.717) is 5.56 Å². The Morgan fingerprint density at radius 2 is 1.60 bits per heavy atom. The first-order valence-corrected chi connectivity index (χ1v) is 7.44. The number of carbonyl (C=O) groups is 1. The molecular weight excluding hydrogens is 248 g/mol. The SMILES string of the molecule is CC(C)(C)c1cc(C(=O)C2CC2)c(O)c(C(C)(C)C)c1. The minimum Gasteiger partial charge on any atom is -0.507 e. The zero-order valence-electron chi connectivity index (χ0n) is 13.5. The Morgan fingerprint density at radius 3 is 2.00 bits per heavy atom. The van der Waals surface area contributed by atoms with E-state index in [2.05, 4.69) is 47.6 Å². The Hall–Kier alpha value is -1.31. The molecule has 0 spiro atoms. The van der Waals surface area contributed by atoms with Gasteiger partial charge in [-0.1, -0.05) is 47.6 Å². The number of phenols is 1. The predicted octanol–water partition coefficient (Wildman–Crippen LogP) is 4.58. The highest BCUT2D eigenvalue weighted by Crippen LogP contribution is 2.41. The second-order valence-electron chi connectivity index (χ2n) is 8.06. The highest BCUT2D eigenvalue weighted by Gasteiger charge is 2.34. The van der Waals surface area contributed by atoms with Gasteiger partial charge in [0, 0.05) is 11.5 Å². The Bertz CT molecular complexity index is 538. The third-order valence-corrected chi connectivity index (χ3v) is 4.00. The fourth-order valence-corrected chi connectivity index (χ4v) is 2.39. The molecule has 2 heteroatoms. The van der Waals surface area contributed by atoms with Crippen molar-refractivity contribution >= 4 is 5.78 Å². The lowest BCUT2D eigenvalue weighted by Crippen LogP contribution is -2.19. The van der Waals surface area contributed by atoms with Crippen LogP contribution in [-0.2, 0) is 10.8 Å². The van der Waals surface area contributed by atoms with E-state index in [1.54, 1.807) is 0 Å². The zero-order chi connectivity index (χ0) is 15.3. The molecule has 0 unspecified atom stereocenters. The van der Waals surface area contributed by atoms with Crippen molar-refractivity contribution in [3.05, 3.63) is 28.8 Å². The number of carbonyl (C=O) groups excluding carboxylic acids is 1. The third kappa shape index (κ3) is 2.89. The van der Waals surface area contributed by atoms with Gasteiger partial charge in [0.1, 0.15) is 5.75 Å². The summed E-state index contributed by atoms with van der Waals surface area (Å²) in [5, 5.41) is 10.5. The Morgan fingerprint density at radius 1 is 1.05 bits per heavy atom. The minimum atomic E-state index is -0.177. The van der Waals surface area contributed by atoms with E-state index in [1.807, 2.05) is 6.07 Å². The van der Waals surface area contributed by atoms with Crippen molar-refractivity contribution in [3.8, 4) is 5.75 Å². The molecule has 0 aliphatic heterocycles. The van der Waals surface area contributed by atoms with E-state index in [1.165, 1.54) is 0 Å². The van der Waals surface area contributed by atoms with Gasteiger partial charge in [-0.25, -0.2) is 0 Å².